The first-order valence-electron chi connectivity index (χ1n) is 9.97. The summed E-state index contributed by atoms with van der Waals surface area (Å²) < 4.78 is 10.6. The average Bonchev–Trinajstić information content (AvgIpc) is 3.19. The van der Waals surface area contributed by atoms with Crippen LogP contribution in [0.5, 0.6) is 11.5 Å². The summed E-state index contributed by atoms with van der Waals surface area (Å²) in [6.45, 7) is 0.527. The van der Waals surface area contributed by atoms with Gasteiger partial charge in [-0.15, -0.1) is 11.3 Å². The minimum atomic E-state index is -1.21. The highest BCUT2D eigenvalue weighted by Gasteiger charge is 2.23. The SMILES string of the molecule is COc1cc(C(=O)N(CCCc2ccccc2)Cc2nc(C(=O)O)c(Cl)s2)cc(OC)c1Cl. The van der Waals surface area contributed by atoms with E-state index in [2.05, 4.69) is 4.98 Å². The molecule has 0 aliphatic heterocycles. The maximum atomic E-state index is 13.5. The van der Waals surface area contributed by atoms with Gasteiger partial charge in [-0.3, -0.25) is 4.79 Å². The molecular weight excluding hydrogens is 487 g/mol. The number of carboxylic acids is 1. The van der Waals surface area contributed by atoms with Crippen molar-refractivity contribution in [2.24, 2.45) is 0 Å². The monoisotopic (exact) mass is 508 g/mol. The Kier molecular flexibility index (Phi) is 8.55. The molecule has 174 valence electrons. The number of methoxy groups -OCH3 is 2. The van der Waals surface area contributed by atoms with Crippen molar-refractivity contribution in [3.05, 3.63) is 73.7 Å². The van der Waals surface area contributed by atoms with E-state index in [0.29, 0.717) is 35.0 Å². The molecule has 1 aromatic heterocycles. The Morgan fingerprint density at radius 1 is 1.09 bits per heavy atom. The van der Waals surface area contributed by atoms with Gasteiger partial charge in [0.25, 0.3) is 5.91 Å². The Balaban J connectivity index is 1.87. The van der Waals surface area contributed by atoms with Crippen LogP contribution in [0.15, 0.2) is 42.5 Å². The van der Waals surface area contributed by atoms with Gasteiger partial charge in [-0.05, 0) is 30.5 Å². The summed E-state index contributed by atoms with van der Waals surface area (Å²) in [4.78, 5) is 30.5. The third-order valence-corrected chi connectivity index (χ3v) is 6.49. The van der Waals surface area contributed by atoms with Crippen molar-refractivity contribution < 1.29 is 24.2 Å². The summed E-state index contributed by atoms with van der Waals surface area (Å²) in [5.41, 5.74) is 1.27. The van der Waals surface area contributed by atoms with Crippen LogP contribution in [0.25, 0.3) is 0 Å². The molecule has 0 saturated carbocycles. The van der Waals surface area contributed by atoms with Gasteiger partial charge >= 0.3 is 5.97 Å². The van der Waals surface area contributed by atoms with Gasteiger partial charge < -0.3 is 19.5 Å². The molecule has 1 heterocycles. The summed E-state index contributed by atoms with van der Waals surface area (Å²) in [7, 11) is 2.91. The lowest BCUT2D eigenvalue weighted by molar-refractivity contribution is 0.0691. The predicted molar refractivity (Wildman–Crippen MR) is 128 cm³/mol. The van der Waals surface area contributed by atoms with Gasteiger partial charge in [0.15, 0.2) is 5.69 Å². The highest BCUT2D eigenvalue weighted by Crippen LogP contribution is 2.36. The number of hydrogen-bond acceptors (Lipinski definition) is 6. The molecule has 0 bridgehead atoms. The van der Waals surface area contributed by atoms with Crippen LogP contribution in [0, 0.1) is 0 Å². The topological polar surface area (TPSA) is 89.0 Å². The molecule has 0 fully saturated rings. The Morgan fingerprint density at radius 2 is 1.73 bits per heavy atom. The van der Waals surface area contributed by atoms with Gasteiger partial charge in [-0.25, -0.2) is 9.78 Å². The molecule has 0 spiro atoms. The standard InChI is InChI=1S/C23H22Cl2N2O5S/c1-31-16-11-15(12-17(32-2)19(16)24)22(28)27(10-6-9-14-7-4-3-5-8-14)13-18-26-20(23(29)30)21(25)33-18/h3-5,7-8,11-12H,6,9-10,13H2,1-2H3,(H,29,30). The molecule has 3 aromatic rings. The van der Waals surface area contributed by atoms with Crippen LogP contribution in [-0.4, -0.2) is 47.6 Å². The number of nitrogens with zero attached hydrogens (tertiary/aromatic N) is 2. The number of aromatic nitrogens is 1. The van der Waals surface area contributed by atoms with Crippen LogP contribution in [0.3, 0.4) is 0 Å². The summed E-state index contributed by atoms with van der Waals surface area (Å²) in [5, 5.41) is 9.95. The lowest BCUT2D eigenvalue weighted by Gasteiger charge is -2.23. The largest absolute Gasteiger partial charge is 0.495 e. The fourth-order valence-corrected chi connectivity index (χ4v) is 4.70. The molecule has 10 heteroatoms. The smallest absolute Gasteiger partial charge is 0.356 e. The van der Waals surface area contributed by atoms with Crippen molar-refractivity contribution in [1.29, 1.82) is 0 Å². The fourth-order valence-electron chi connectivity index (χ4n) is 3.25. The molecule has 0 atom stereocenters. The van der Waals surface area contributed by atoms with E-state index in [1.165, 1.54) is 14.2 Å². The molecule has 0 aliphatic rings. The van der Waals surface area contributed by atoms with E-state index in [0.717, 1.165) is 23.3 Å². The number of carboxylic acid groups (broad SMARTS) is 1. The Morgan fingerprint density at radius 3 is 2.27 bits per heavy atom. The molecule has 0 unspecified atom stereocenters. The minimum absolute atomic E-state index is 0.0732. The molecule has 0 aliphatic carbocycles. The van der Waals surface area contributed by atoms with E-state index >= 15 is 0 Å². The highest BCUT2D eigenvalue weighted by molar-refractivity contribution is 7.16. The van der Waals surface area contributed by atoms with Gasteiger partial charge in [0.2, 0.25) is 0 Å². The van der Waals surface area contributed by atoms with Crippen molar-refractivity contribution >= 4 is 46.4 Å². The number of rotatable bonds is 10. The number of amides is 1. The second kappa shape index (κ2) is 11.4. The number of halogens is 2. The van der Waals surface area contributed by atoms with E-state index in [4.69, 9.17) is 32.7 Å². The van der Waals surface area contributed by atoms with Gasteiger partial charge in [0, 0.05) is 12.1 Å². The molecule has 2 aromatic carbocycles. The van der Waals surface area contributed by atoms with Crippen molar-refractivity contribution in [2.75, 3.05) is 20.8 Å². The second-order valence-electron chi connectivity index (χ2n) is 7.05. The number of carbonyl (C=O) groups excluding carboxylic acids is 1. The van der Waals surface area contributed by atoms with Crippen LogP contribution in [0.4, 0.5) is 0 Å². The number of hydrogen-bond donors (Lipinski definition) is 1. The van der Waals surface area contributed by atoms with E-state index in [-0.39, 0.29) is 27.5 Å². The predicted octanol–water partition coefficient (Wildman–Crippen LogP) is 5.44. The first-order chi connectivity index (χ1) is 15.8. The Labute approximate surface area is 205 Å². The normalized spacial score (nSPS) is 10.7. The number of aryl methyl sites for hydroxylation is 1. The molecule has 7 nitrogen and oxygen atoms in total. The quantitative estimate of drug-likeness (QED) is 0.392. The summed E-state index contributed by atoms with van der Waals surface area (Å²) in [5.74, 6) is -0.876. The van der Waals surface area contributed by atoms with Crippen molar-refractivity contribution in [3.63, 3.8) is 0 Å². The van der Waals surface area contributed by atoms with Crippen molar-refractivity contribution in [2.45, 2.75) is 19.4 Å². The zero-order chi connectivity index (χ0) is 24.0. The van der Waals surface area contributed by atoms with E-state index < -0.39 is 5.97 Å². The van der Waals surface area contributed by atoms with Crippen LogP contribution in [0.2, 0.25) is 9.36 Å². The van der Waals surface area contributed by atoms with Gasteiger partial charge in [0.05, 0.1) is 20.8 Å². The molecule has 0 saturated heterocycles. The molecule has 1 amide bonds. The van der Waals surface area contributed by atoms with Crippen LogP contribution in [0.1, 0.15) is 37.8 Å². The summed E-state index contributed by atoms with van der Waals surface area (Å²) in [6, 6.07) is 13.0. The number of aromatic carboxylic acids is 1. The molecule has 33 heavy (non-hydrogen) atoms. The van der Waals surface area contributed by atoms with E-state index in [9.17, 15) is 14.7 Å². The van der Waals surface area contributed by atoms with Gasteiger partial charge in [-0.1, -0.05) is 53.5 Å². The summed E-state index contributed by atoms with van der Waals surface area (Å²) in [6.07, 6.45) is 1.47. The Hall–Kier alpha value is -2.81. The zero-order valence-electron chi connectivity index (χ0n) is 18.0. The van der Waals surface area contributed by atoms with Gasteiger partial charge in [0.1, 0.15) is 25.9 Å². The third-order valence-electron chi connectivity index (χ3n) is 4.87. The highest BCUT2D eigenvalue weighted by atomic mass is 35.5. The van der Waals surface area contributed by atoms with Crippen LogP contribution >= 0.6 is 34.5 Å². The first kappa shape index (κ1) is 24.8. The zero-order valence-corrected chi connectivity index (χ0v) is 20.3. The maximum absolute atomic E-state index is 13.5. The molecule has 3 rings (SSSR count). The average molecular weight is 509 g/mol. The lowest BCUT2D eigenvalue weighted by Crippen LogP contribution is -2.32. The maximum Gasteiger partial charge on any atom is 0.356 e. The number of carbonyl (C=O) groups is 2. The van der Waals surface area contributed by atoms with E-state index in [1.807, 2.05) is 30.3 Å². The number of ether oxygens (including phenoxy) is 2. The van der Waals surface area contributed by atoms with Crippen molar-refractivity contribution in [3.8, 4) is 11.5 Å². The molecule has 0 radical (unpaired) electrons. The number of thiazole rings is 1. The summed E-state index contributed by atoms with van der Waals surface area (Å²) >= 11 is 13.3. The van der Waals surface area contributed by atoms with Crippen LogP contribution in [-0.2, 0) is 13.0 Å². The van der Waals surface area contributed by atoms with E-state index in [1.54, 1.807) is 17.0 Å². The second-order valence-corrected chi connectivity index (χ2v) is 9.11. The van der Waals surface area contributed by atoms with Crippen molar-refractivity contribution in [1.82, 2.24) is 9.88 Å². The molecule has 1 N–H and O–H groups in total. The minimum Gasteiger partial charge on any atom is -0.495 e. The Bertz CT molecular complexity index is 1110. The third kappa shape index (κ3) is 6.16. The fraction of sp³-hybridized carbons (Fsp3) is 0.261. The van der Waals surface area contributed by atoms with Gasteiger partial charge in [-0.2, -0.15) is 0 Å². The lowest BCUT2D eigenvalue weighted by atomic mass is 10.1. The number of benzene rings is 2. The molecular formula is C23H22Cl2N2O5S. The first-order valence-corrected chi connectivity index (χ1v) is 11.5. The van der Waals surface area contributed by atoms with Crippen LogP contribution < -0.4 is 9.47 Å².